The highest BCUT2D eigenvalue weighted by Crippen LogP contribution is 2.23. The highest BCUT2D eigenvalue weighted by atomic mass is 35.5. The van der Waals surface area contributed by atoms with Crippen molar-refractivity contribution in [2.45, 2.75) is 25.9 Å². The third-order valence-corrected chi connectivity index (χ3v) is 4.15. The summed E-state index contributed by atoms with van der Waals surface area (Å²) in [6.45, 7) is 4.37. The van der Waals surface area contributed by atoms with E-state index in [4.69, 9.17) is 11.6 Å². The maximum Gasteiger partial charge on any atom is 0.0406 e. The molecule has 0 aliphatic heterocycles. The van der Waals surface area contributed by atoms with Gasteiger partial charge in [-0.25, -0.2) is 0 Å². The largest absolute Gasteiger partial charge is 0.303 e. The molecule has 17 heavy (non-hydrogen) atoms. The summed E-state index contributed by atoms with van der Waals surface area (Å²) in [5, 5.41) is 6.48. The van der Waals surface area contributed by atoms with Crippen LogP contribution in [-0.2, 0) is 0 Å². The first-order valence-electron chi connectivity index (χ1n) is 5.71. The average Bonchev–Trinajstić information content (AvgIpc) is 2.83. The van der Waals surface area contributed by atoms with Crippen LogP contribution in [0.3, 0.4) is 0 Å². The summed E-state index contributed by atoms with van der Waals surface area (Å²) >= 11 is 7.67. The normalized spacial score (nSPS) is 14.5. The van der Waals surface area contributed by atoms with Crippen molar-refractivity contribution in [2.75, 3.05) is 0 Å². The van der Waals surface area contributed by atoms with Crippen LogP contribution in [0, 0.1) is 0 Å². The van der Waals surface area contributed by atoms with Crippen LogP contribution < -0.4 is 5.32 Å². The van der Waals surface area contributed by atoms with Gasteiger partial charge >= 0.3 is 0 Å². The van der Waals surface area contributed by atoms with E-state index in [0.717, 1.165) is 5.02 Å². The number of hydrogen-bond donors (Lipinski definition) is 1. The summed E-state index contributed by atoms with van der Waals surface area (Å²) in [7, 11) is 0. The Morgan fingerprint density at radius 2 is 1.76 bits per heavy atom. The standard InChI is InChI=1S/C14H16ClNS/c1-10(12-5-7-13(15)8-6-12)16-11(2)14-4-3-9-17-14/h3-11,16H,1-2H3/t10?,11-/m1/s1. The number of benzene rings is 1. The number of nitrogens with one attached hydrogen (secondary N) is 1. The van der Waals surface area contributed by atoms with Gasteiger partial charge in [0.15, 0.2) is 0 Å². The Morgan fingerprint density at radius 3 is 2.35 bits per heavy atom. The Kier molecular flexibility index (Phi) is 4.21. The molecule has 2 rings (SSSR count). The molecule has 3 heteroatoms. The van der Waals surface area contributed by atoms with E-state index < -0.39 is 0 Å². The first-order chi connectivity index (χ1) is 8.16. The van der Waals surface area contributed by atoms with Crippen LogP contribution in [0.4, 0.5) is 0 Å². The zero-order valence-corrected chi connectivity index (χ0v) is 11.6. The van der Waals surface area contributed by atoms with Crippen molar-refractivity contribution in [1.82, 2.24) is 5.32 Å². The molecule has 1 N–H and O–H groups in total. The van der Waals surface area contributed by atoms with Crippen LogP contribution in [0.25, 0.3) is 0 Å². The molecule has 0 fully saturated rings. The summed E-state index contributed by atoms with van der Waals surface area (Å²) < 4.78 is 0. The van der Waals surface area contributed by atoms with Crippen LogP contribution in [-0.4, -0.2) is 0 Å². The fraction of sp³-hybridized carbons (Fsp3) is 0.286. The van der Waals surface area contributed by atoms with E-state index in [9.17, 15) is 0 Å². The topological polar surface area (TPSA) is 12.0 Å². The van der Waals surface area contributed by atoms with Crippen molar-refractivity contribution in [3.8, 4) is 0 Å². The van der Waals surface area contributed by atoms with Crippen molar-refractivity contribution in [2.24, 2.45) is 0 Å². The summed E-state index contributed by atoms with van der Waals surface area (Å²) in [4.78, 5) is 1.37. The van der Waals surface area contributed by atoms with Gasteiger partial charge in [0.05, 0.1) is 0 Å². The lowest BCUT2D eigenvalue weighted by atomic mass is 10.1. The first kappa shape index (κ1) is 12.6. The van der Waals surface area contributed by atoms with Crippen molar-refractivity contribution < 1.29 is 0 Å². The Labute approximate surface area is 111 Å². The average molecular weight is 266 g/mol. The van der Waals surface area contributed by atoms with Crippen molar-refractivity contribution in [1.29, 1.82) is 0 Å². The van der Waals surface area contributed by atoms with Gasteiger partial charge in [-0.05, 0) is 43.0 Å². The molecule has 1 unspecified atom stereocenters. The first-order valence-corrected chi connectivity index (χ1v) is 6.97. The van der Waals surface area contributed by atoms with Crippen molar-refractivity contribution in [3.63, 3.8) is 0 Å². The highest BCUT2D eigenvalue weighted by molar-refractivity contribution is 7.10. The van der Waals surface area contributed by atoms with Crippen molar-refractivity contribution in [3.05, 3.63) is 57.2 Å². The zero-order chi connectivity index (χ0) is 12.3. The lowest BCUT2D eigenvalue weighted by Crippen LogP contribution is -2.21. The molecular weight excluding hydrogens is 250 g/mol. The molecule has 0 aliphatic carbocycles. The molecule has 2 atom stereocenters. The molecule has 0 bridgehead atoms. The number of hydrogen-bond acceptors (Lipinski definition) is 2. The van der Waals surface area contributed by atoms with Gasteiger partial charge < -0.3 is 5.32 Å². The lowest BCUT2D eigenvalue weighted by Gasteiger charge is -2.19. The van der Waals surface area contributed by atoms with Gasteiger partial charge in [-0.2, -0.15) is 0 Å². The fourth-order valence-corrected chi connectivity index (χ4v) is 2.71. The van der Waals surface area contributed by atoms with Crippen molar-refractivity contribution >= 4 is 22.9 Å². The van der Waals surface area contributed by atoms with Crippen LogP contribution >= 0.6 is 22.9 Å². The van der Waals surface area contributed by atoms with E-state index in [1.165, 1.54) is 10.4 Å². The van der Waals surface area contributed by atoms with E-state index in [-0.39, 0.29) is 0 Å². The summed E-state index contributed by atoms with van der Waals surface area (Å²) in [5.74, 6) is 0. The predicted molar refractivity (Wildman–Crippen MR) is 75.7 cm³/mol. The third-order valence-electron chi connectivity index (χ3n) is 2.84. The van der Waals surface area contributed by atoms with E-state index in [2.05, 4.69) is 48.8 Å². The molecule has 1 heterocycles. The van der Waals surface area contributed by atoms with Gasteiger partial charge in [0.25, 0.3) is 0 Å². The number of halogens is 1. The molecule has 90 valence electrons. The van der Waals surface area contributed by atoms with Crippen LogP contribution in [0.1, 0.15) is 36.4 Å². The van der Waals surface area contributed by atoms with Gasteiger partial charge in [0.1, 0.15) is 0 Å². The number of thiophene rings is 1. The van der Waals surface area contributed by atoms with Crippen LogP contribution in [0.5, 0.6) is 0 Å². The second-order valence-electron chi connectivity index (χ2n) is 4.18. The Bertz CT molecular complexity index is 450. The minimum Gasteiger partial charge on any atom is -0.303 e. The quantitative estimate of drug-likeness (QED) is 0.836. The maximum atomic E-state index is 5.88. The van der Waals surface area contributed by atoms with Crippen LogP contribution in [0.2, 0.25) is 5.02 Å². The van der Waals surface area contributed by atoms with Gasteiger partial charge in [-0.1, -0.05) is 29.8 Å². The molecule has 0 radical (unpaired) electrons. The molecule has 1 aromatic carbocycles. The molecule has 0 aliphatic rings. The van der Waals surface area contributed by atoms with Gasteiger partial charge in [0, 0.05) is 22.0 Å². The van der Waals surface area contributed by atoms with E-state index in [1.54, 1.807) is 11.3 Å². The van der Waals surface area contributed by atoms with Gasteiger partial charge in [-0.15, -0.1) is 11.3 Å². The minimum atomic E-state index is 0.323. The van der Waals surface area contributed by atoms with E-state index >= 15 is 0 Å². The van der Waals surface area contributed by atoms with Crippen LogP contribution in [0.15, 0.2) is 41.8 Å². The Morgan fingerprint density at radius 1 is 1.06 bits per heavy atom. The molecule has 0 saturated heterocycles. The second-order valence-corrected chi connectivity index (χ2v) is 5.59. The molecule has 1 aromatic heterocycles. The lowest BCUT2D eigenvalue weighted by molar-refractivity contribution is 0.500. The maximum absolute atomic E-state index is 5.88. The highest BCUT2D eigenvalue weighted by Gasteiger charge is 2.11. The van der Waals surface area contributed by atoms with E-state index in [1.807, 2.05) is 12.1 Å². The fourth-order valence-electron chi connectivity index (χ4n) is 1.84. The Balaban J connectivity index is 2.01. The molecule has 0 saturated carbocycles. The zero-order valence-electron chi connectivity index (χ0n) is 9.98. The molecule has 0 amide bonds. The summed E-state index contributed by atoms with van der Waals surface area (Å²) in [6.07, 6.45) is 0. The minimum absolute atomic E-state index is 0.323. The van der Waals surface area contributed by atoms with Gasteiger partial charge in [-0.3, -0.25) is 0 Å². The number of rotatable bonds is 4. The second kappa shape index (κ2) is 5.67. The molecule has 1 nitrogen and oxygen atoms in total. The van der Waals surface area contributed by atoms with E-state index in [0.29, 0.717) is 12.1 Å². The van der Waals surface area contributed by atoms with Gasteiger partial charge in [0.2, 0.25) is 0 Å². The predicted octanol–water partition coefficient (Wildman–Crippen LogP) is 4.81. The molecule has 2 aromatic rings. The Hall–Kier alpha value is -0.830. The smallest absolute Gasteiger partial charge is 0.0406 e. The summed E-state index contributed by atoms with van der Waals surface area (Å²) in [5.41, 5.74) is 1.26. The monoisotopic (exact) mass is 265 g/mol. The third kappa shape index (κ3) is 3.32. The SMILES string of the molecule is CC(N[C@H](C)c1cccs1)c1ccc(Cl)cc1. The summed E-state index contributed by atoms with van der Waals surface area (Å²) in [6, 6.07) is 13.0. The molecular formula is C14H16ClNS. The molecule has 0 spiro atoms.